The normalized spacial score (nSPS) is 11.7. The summed E-state index contributed by atoms with van der Waals surface area (Å²) in [4.78, 5) is 15.0. The average molecular weight is 339 g/mol. The number of hydrogen-bond acceptors (Lipinski definition) is 3. The first-order valence-corrected chi connectivity index (χ1v) is 7.22. The second-order valence-corrected chi connectivity index (χ2v) is 5.17. The SMILES string of the molecule is N#CC(=Cc1ccc(C(=O)O)cc1)c1nc2ccccc2n1C(F)F. The van der Waals surface area contributed by atoms with Gasteiger partial charge < -0.3 is 5.11 Å². The van der Waals surface area contributed by atoms with E-state index in [9.17, 15) is 18.8 Å². The van der Waals surface area contributed by atoms with Crippen LogP contribution in [0.5, 0.6) is 0 Å². The van der Waals surface area contributed by atoms with Crippen molar-refractivity contribution < 1.29 is 18.7 Å². The van der Waals surface area contributed by atoms with Gasteiger partial charge in [0.25, 0.3) is 0 Å². The number of aromatic carboxylic acids is 1. The number of carboxylic acids is 1. The summed E-state index contributed by atoms with van der Waals surface area (Å²) in [6.45, 7) is -2.85. The molecule has 0 aliphatic rings. The van der Waals surface area contributed by atoms with Crippen molar-refractivity contribution in [2.75, 3.05) is 0 Å². The summed E-state index contributed by atoms with van der Waals surface area (Å²) < 4.78 is 27.7. The molecule has 124 valence electrons. The van der Waals surface area contributed by atoms with E-state index in [4.69, 9.17) is 5.11 Å². The molecule has 0 saturated heterocycles. The fourth-order valence-electron chi connectivity index (χ4n) is 2.47. The Kier molecular flexibility index (Phi) is 4.27. The molecule has 0 amide bonds. The van der Waals surface area contributed by atoms with Gasteiger partial charge in [0.05, 0.1) is 22.2 Å². The lowest BCUT2D eigenvalue weighted by Crippen LogP contribution is -2.03. The minimum Gasteiger partial charge on any atom is -0.478 e. The van der Waals surface area contributed by atoms with Gasteiger partial charge in [-0.05, 0) is 35.9 Å². The lowest BCUT2D eigenvalue weighted by Gasteiger charge is -2.07. The lowest BCUT2D eigenvalue weighted by atomic mass is 10.1. The highest BCUT2D eigenvalue weighted by molar-refractivity contribution is 5.92. The highest BCUT2D eigenvalue weighted by Crippen LogP contribution is 2.28. The number of aromatic nitrogens is 2. The maximum Gasteiger partial charge on any atom is 0.335 e. The monoisotopic (exact) mass is 339 g/mol. The van der Waals surface area contributed by atoms with Crippen molar-refractivity contribution in [3.63, 3.8) is 0 Å². The fourth-order valence-corrected chi connectivity index (χ4v) is 2.47. The second kappa shape index (κ2) is 6.53. The number of allylic oxidation sites excluding steroid dienone is 1. The number of benzene rings is 2. The second-order valence-electron chi connectivity index (χ2n) is 5.17. The summed E-state index contributed by atoms with van der Waals surface area (Å²) in [6, 6.07) is 14.0. The number of nitrogens with zero attached hydrogens (tertiary/aromatic N) is 3. The molecule has 0 bridgehead atoms. The van der Waals surface area contributed by atoms with E-state index in [2.05, 4.69) is 4.98 Å². The van der Waals surface area contributed by atoms with E-state index in [1.807, 2.05) is 6.07 Å². The van der Waals surface area contributed by atoms with Gasteiger partial charge in [-0.1, -0.05) is 24.3 Å². The Bertz CT molecular complexity index is 1010. The van der Waals surface area contributed by atoms with Crippen molar-refractivity contribution in [2.45, 2.75) is 6.55 Å². The third-order valence-corrected chi connectivity index (χ3v) is 3.62. The van der Waals surface area contributed by atoms with Gasteiger partial charge in [-0.3, -0.25) is 4.57 Å². The third kappa shape index (κ3) is 3.10. The molecule has 0 spiro atoms. The number of hydrogen-bond donors (Lipinski definition) is 1. The van der Waals surface area contributed by atoms with Gasteiger partial charge in [0, 0.05) is 0 Å². The maximum atomic E-state index is 13.5. The van der Waals surface area contributed by atoms with E-state index in [0.717, 1.165) is 0 Å². The van der Waals surface area contributed by atoms with Gasteiger partial charge >= 0.3 is 12.5 Å². The number of rotatable bonds is 4. The zero-order chi connectivity index (χ0) is 18.0. The minimum atomic E-state index is -2.85. The number of carbonyl (C=O) groups is 1. The Hall–Kier alpha value is -3.53. The summed E-state index contributed by atoms with van der Waals surface area (Å²) in [5.41, 5.74) is 1.15. The summed E-state index contributed by atoms with van der Waals surface area (Å²) in [5, 5.41) is 18.3. The van der Waals surface area contributed by atoms with Gasteiger partial charge in [0.2, 0.25) is 0 Å². The third-order valence-electron chi connectivity index (χ3n) is 3.62. The first-order chi connectivity index (χ1) is 12.0. The van der Waals surface area contributed by atoms with Crippen molar-refractivity contribution >= 4 is 28.7 Å². The van der Waals surface area contributed by atoms with Crippen LogP contribution in [0, 0.1) is 11.3 Å². The van der Waals surface area contributed by atoms with Crippen LogP contribution in [0.1, 0.15) is 28.3 Å². The predicted octanol–water partition coefficient (Wildman–Crippen LogP) is 4.19. The molecule has 0 unspecified atom stereocenters. The number of imidazole rings is 1. The molecule has 1 heterocycles. The number of nitriles is 1. The molecule has 3 aromatic rings. The lowest BCUT2D eigenvalue weighted by molar-refractivity contribution is 0.0695. The van der Waals surface area contributed by atoms with E-state index in [1.165, 1.54) is 36.4 Å². The van der Waals surface area contributed by atoms with Crippen molar-refractivity contribution in [3.8, 4) is 6.07 Å². The highest BCUT2D eigenvalue weighted by atomic mass is 19.3. The zero-order valence-corrected chi connectivity index (χ0v) is 12.7. The average Bonchev–Trinajstić information content (AvgIpc) is 2.99. The Balaban J connectivity index is 2.12. The molecular weight excluding hydrogens is 328 g/mol. The molecule has 5 nitrogen and oxygen atoms in total. The Labute approximate surface area is 141 Å². The number of alkyl halides is 2. The van der Waals surface area contributed by atoms with Crippen molar-refractivity contribution in [2.24, 2.45) is 0 Å². The molecule has 1 N–H and O–H groups in total. The minimum absolute atomic E-state index is 0.0421. The van der Waals surface area contributed by atoms with Crippen LogP contribution in [0.2, 0.25) is 0 Å². The fraction of sp³-hybridized carbons (Fsp3) is 0.0556. The highest BCUT2D eigenvalue weighted by Gasteiger charge is 2.20. The molecule has 2 aromatic carbocycles. The first kappa shape index (κ1) is 16.3. The molecule has 0 fully saturated rings. The topological polar surface area (TPSA) is 78.9 Å². The molecular formula is C18H11F2N3O2. The molecule has 0 aliphatic heterocycles. The van der Waals surface area contributed by atoms with E-state index in [-0.39, 0.29) is 22.5 Å². The maximum absolute atomic E-state index is 13.5. The van der Waals surface area contributed by atoms with Crippen LogP contribution in [0.3, 0.4) is 0 Å². The van der Waals surface area contributed by atoms with E-state index in [1.54, 1.807) is 18.2 Å². The quantitative estimate of drug-likeness (QED) is 0.723. The summed E-state index contributed by atoms with van der Waals surface area (Å²) in [7, 11) is 0. The van der Waals surface area contributed by atoms with Crippen LogP contribution in [0.25, 0.3) is 22.7 Å². The molecule has 1 aromatic heterocycles. The number of para-hydroxylation sites is 2. The van der Waals surface area contributed by atoms with Crippen LogP contribution < -0.4 is 0 Å². The van der Waals surface area contributed by atoms with E-state index >= 15 is 0 Å². The Morgan fingerprint density at radius 3 is 2.48 bits per heavy atom. The smallest absolute Gasteiger partial charge is 0.335 e. The van der Waals surface area contributed by atoms with Crippen LogP contribution in [-0.4, -0.2) is 20.6 Å². The molecule has 0 atom stereocenters. The molecule has 0 aliphatic carbocycles. The summed E-state index contributed by atoms with van der Waals surface area (Å²) in [5.74, 6) is -1.21. The number of halogens is 2. The predicted molar refractivity (Wildman–Crippen MR) is 87.9 cm³/mol. The summed E-state index contributed by atoms with van der Waals surface area (Å²) >= 11 is 0. The molecule has 25 heavy (non-hydrogen) atoms. The molecule has 0 saturated carbocycles. The van der Waals surface area contributed by atoms with Gasteiger partial charge in [-0.2, -0.15) is 14.0 Å². The van der Waals surface area contributed by atoms with Crippen LogP contribution in [0.4, 0.5) is 8.78 Å². The van der Waals surface area contributed by atoms with Crippen LogP contribution >= 0.6 is 0 Å². The van der Waals surface area contributed by atoms with Crippen molar-refractivity contribution in [1.82, 2.24) is 9.55 Å². The standard InChI is InChI=1S/C18H11F2N3O2/c19-18(20)23-15-4-2-1-3-14(15)22-16(23)13(10-21)9-11-5-7-12(8-6-11)17(24)25/h1-9,18H,(H,24,25). The Morgan fingerprint density at radius 1 is 1.20 bits per heavy atom. The van der Waals surface area contributed by atoms with Gasteiger partial charge in [0.15, 0.2) is 5.82 Å². The number of fused-ring (bicyclic) bond motifs is 1. The summed E-state index contributed by atoms with van der Waals surface area (Å²) in [6.07, 6.45) is 1.39. The van der Waals surface area contributed by atoms with Crippen molar-refractivity contribution in [3.05, 3.63) is 65.5 Å². The molecule has 7 heteroatoms. The van der Waals surface area contributed by atoms with Crippen molar-refractivity contribution in [1.29, 1.82) is 5.26 Å². The van der Waals surface area contributed by atoms with E-state index in [0.29, 0.717) is 15.6 Å². The van der Waals surface area contributed by atoms with Gasteiger partial charge in [-0.15, -0.1) is 0 Å². The van der Waals surface area contributed by atoms with Crippen LogP contribution in [-0.2, 0) is 0 Å². The van der Waals surface area contributed by atoms with Gasteiger partial charge in [-0.25, -0.2) is 9.78 Å². The first-order valence-electron chi connectivity index (χ1n) is 7.22. The molecule has 0 radical (unpaired) electrons. The van der Waals surface area contributed by atoms with Crippen LogP contribution in [0.15, 0.2) is 48.5 Å². The Morgan fingerprint density at radius 2 is 1.88 bits per heavy atom. The largest absolute Gasteiger partial charge is 0.478 e. The van der Waals surface area contributed by atoms with Gasteiger partial charge in [0.1, 0.15) is 6.07 Å². The molecule has 3 rings (SSSR count). The number of carboxylic acid groups (broad SMARTS) is 1. The zero-order valence-electron chi connectivity index (χ0n) is 12.7. The van der Waals surface area contributed by atoms with E-state index < -0.39 is 12.5 Å².